The lowest BCUT2D eigenvalue weighted by atomic mass is 9.94. The van der Waals surface area contributed by atoms with E-state index in [1.807, 2.05) is 30.3 Å². The number of para-hydroxylation sites is 1. The molecule has 0 bridgehead atoms. The quantitative estimate of drug-likeness (QED) is 0.214. The van der Waals surface area contributed by atoms with Crippen molar-refractivity contribution < 1.29 is 19.4 Å². The van der Waals surface area contributed by atoms with Gasteiger partial charge in [0.2, 0.25) is 0 Å². The summed E-state index contributed by atoms with van der Waals surface area (Å²) >= 11 is 0. The Balaban J connectivity index is 1.64. The minimum absolute atomic E-state index is 0.0506. The minimum Gasteiger partial charge on any atom is -0.507 e. The van der Waals surface area contributed by atoms with E-state index in [2.05, 4.69) is 23.8 Å². The lowest BCUT2D eigenvalue weighted by Gasteiger charge is -2.25. The number of aromatic amines is 1. The maximum absolute atomic E-state index is 13.4. The van der Waals surface area contributed by atoms with Crippen LogP contribution < -0.4 is 4.74 Å². The van der Waals surface area contributed by atoms with Crippen LogP contribution in [0.3, 0.4) is 0 Å². The van der Waals surface area contributed by atoms with Gasteiger partial charge in [0.1, 0.15) is 11.5 Å². The average molecular weight is 482 g/mol. The van der Waals surface area contributed by atoms with E-state index in [4.69, 9.17) is 4.74 Å². The number of hydrogen-bond donors (Lipinski definition) is 2. The second-order valence-electron chi connectivity index (χ2n) is 9.31. The maximum Gasteiger partial charge on any atom is 0.295 e. The Labute approximate surface area is 209 Å². The van der Waals surface area contributed by atoms with Crippen molar-refractivity contribution in [2.24, 2.45) is 5.92 Å². The number of Topliss-reactive ketones (excluding diaryl/α,β-unsaturated/α-hetero) is 1. The zero-order valence-electron chi connectivity index (χ0n) is 20.1. The summed E-state index contributed by atoms with van der Waals surface area (Å²) in [6, 6.07) is 17.5. The molecule has 1 unspecified atom stereocenters. The molecule has 0 spiro atoms. The topological polar surface area (TPSA) is 95.5 Å². The fraction of sp³-hybridized carbons (Fsp3) is 0.207. The van der Waals surface area contributed by atoms with Gasteiger partial charge in [0, 0.05) is 47.2 Å². The Kier molecular flexibility index (Phi) is 6.29. The zero-order chi connectivity index (χ0) is 25.2. The number of amides is 1. The summed E-state index contributed by atoms with van der Waals surface area (Å²) < 4.78 is 5.82. The molecule has 1 aliphatic heterocycles. The van der Waals surface area contributed by atoms with Crippen LogP contribution in [0, 0.1) is 5.92 Å². The highest BCUT2D eigenvalue weighted by Gasteiger charge is 2.46. The number of aromatic nitrogens is 2. The SMILES string of the molecule is CC(C)COc1cccc(/C(O)=C2\C(=O)C(=O)N(Cc3cccnc3)C2c2c[nH]c3ccccc23)c1. The second-order valence-corrected chi connectivity index (χ2v) is 9.31. The number of carbonyl (C=O) groups is 2. The minimum atomic E-state index is -0.776. The molecule has 0 saturated carbocycles. The molecule has 1 amide bonds. The van der Waals surface area contributed by atoms with Crippen molar-refractivity contribution in [2.75, 3.05) is 6.61 Å². The molecule has 1 aliphatic rings. The van der Waals surface area contributed by atoms with Crippen LogP contribution in [0.15, 0.2) is 84.8 Å². The summed E-state index contributed by atoms with van der Waals surface area (Å²) in [7, 11) is 0. The summed E-state index contributed by atoms with van der Waals surface area (Å²) in [5.41, 5.74) is 2.87. The van der Waals surface area contributed by atoms with Gasteiger partial charge in [-0.1, -0.05) is 50.2 Å². The van der Waals surface area contributed by atoms with Crippen molar-refractivity contribution >= 4 is 28.4 Å². The van der Waals surface area contributed by atoms with Crippen molar-refractivity contribution in [1.82, 2.24) is 14.9 Å². The third kappa shape index (κ3) is 4.35. The number of hydrogen-bond acceptors (Lipinski definition) is 5. The van der Waals surface area contributed by atoms with Crippen molar-refractivity contribution in [3.63, 3.8) is 0 Å². The number of rotatable bonds is 7. The van der Waals surface area contributed by atoms with Crippen LogP contribution in [0.5, 0.6) is 5.75 Å². The Hall–Kier alpha value is -4.39. The Morgan fingerprint density at radius 3 is 2.72 bits per heavy atom. The van der Waals surface area contributed by atoms with Crippen molar-refractivity contribution in [3.8, 4) is 5.75 Å². The number of ketones is 1. The number of nitrogens with zero attached hydrogens (tertiary/aromatic N) is 2. The number of benzene rings is 2. The summed E-state index contributed by atoms with van der Waals surface area (Å²) in [6.45, 7) is 4.80. The molecule has 2 aromatic carbocycles. The highest BCUT2D eigenvalue weighted by Crippen LogP contribution is 2.42. The van der Waals surface area contributed by atoms with Gasteiger partial charge in [0.05, 0.1) is 18.2 Å². The smallest absolute Gasteiger partial charge is 0.295 e. The first-order valence-electron chi connectivity index (χ1n) is 11.9. The molecule has 1 atom stereocenters. The van der Waals surface area contributed by atoms with Gasteiger partial charge in [-0.3, -0.25) is 14.6 Å². The van der Waals surface area contributed by atoms with Crippen LogP contribution in [0.25, 0.3) is 16.7 Å². The van der Waals surface area contributed by atoms with Gasteiger partial charge in [-0.15, -0.1) is 0 Å². The largest absolute Gasteiger partial charge is 0.507 e. The monoisotopic (exact) mass is 481 g/mol. The molecule has 3 heterocycles. The van der Waals surface area contributed by atoms with Crippen LogP contribution in [-0.2, 0) is 16.1 Å². The molecule has 182 valence electrons. The predicted octanol–water partition coefficient (Wildman–Crippen LogP) is 5.22. The summed E-state index contributed by atoms with van der Waals surface area (Å²) in [6.07, 6.45) is 5.12. The highest BCUT2D eigenvalue weighted by molar-refractivity contribution is 6.46. The summed E-state index contributed by atoms with van der Waals surface area (Å²) in [4.78, 5) is 35.6. The molecule has 2 N–H and O–H groups in total. The van der Waals surface area contributed by atoms with Crippen molar-refractivity contribution in [3.05, 3.63) is 102 Å². The fourth-order valence-electron chi connectivity index (χ4n) is 4.53. The van der Waals surface area contributed by atoms with E-state index >= 15 is 0 Å². The molecule has 1 fully saturated rings. The first-order valence-corrected chi connectivity index (χ1v) is 11.9. The number of aliphatic hydroxyl groups excluding tert-OH is 1. The van der Waals surface area contributed by atoms with E-state index in [0.717, 1.165) is 22.0 Å². The fourth-order valence-corrected chi connectivity index (χ4v) is 4.53. The van der Waals surface area contributed by atoms with Crippen LogP contribution in [0.2, 0.25) is 0 Å². The molecule has 5 rings (SSSR count). The Morgan fingerprint density at radius 1 is 1.11 bits per heavy atom. The number of ether oxygens (including phenoxy) is 1. The zero-order valence-corrected chi connectivity index (χ0v) is 20.1. The van der Waals surface area contributed by atoms with Gasteiger partial charge in [0.15, 0.2) is 0 Å². The summed E-state index contributed by atoms with van der Waals surface area (Å²) in [5, 5.41) is 12.3. The molecule has 7 nitrogen and oxygen atoms in total. The van der Waals surface area contributed by atoms with Gasteiger partial charge >= 0.3 is 0 Å². The van der Waals surface area contributed by atoms with Gasteiger partial charge in [-0.25, -0.2) is 0 Å². The molecule has 0 radical (unpaired) electrons. The first-order chi connectivity index (χ1) is 17.4. The van der Waals surface area contributed by atoms with Crippen LogP contribution in [0.4, 0.5) is 0 Å². The number of likely N-dealkylation sites (tertiary alicyclic amines) is 1. The molecule has 7 heteroatoms. The standard InChI is InChI=1S/C29H27N3O4/c1-18(2)17-36-21-9-5-8-20(13-21)27(33)25-26(23-15-31-24-11-4-3-10-22(23)24)32(29(35)28(25)34)16-19-7-6-12-30-14-19/h3-15,18,26,31,33H,16-17H2,1-2H3/b27-25+. The Morgan fingerprint density at radius 2 is 1.94 bits per heavy atom. The summed E-state index contributed by atoms with van der Waals surface area (Å²) in [5.74, 6) is -0.696. The van der Waals surface area contributed by atoms with Crippen molar-refractivity contribution in [2.45, 2.75) is 26.4 Å². The number of H-pyrrole nitrogens is 1. The number of aliphatic hydroxyl groups is 1. The van der Waals surface area contributed by atoms with Crippen LogP contribution in [0.1, 0.15) is 36.6 Å². The lowest BCUT2D eigenvalue weighted by molar-refractivity contribution is -0.140. The van der Waals surface area contributed by atoms with Gasteiger partial charge in [0.25, 0.3) is 11.7 Å². The average Bonchev–Trinajstić information content (AvgIpc) is 3.42. The number of carbonyl (C=O) groups excluding carboxylic acids is 2. The predicted molar refractivity (Wildman–Crippen MR) is 137 cm³/mol. The third-order valence-electron chi connectivity index (χ3n) is 6.22. The van der Waals surface area contributed by atoms with E-state index < -0.39 is 17.7 Å². The lowest BCUT2D eigenvalue weighted by Crippen LogP contribution is -2.29. The Bertz CT molecular complexity index is 1460. The molecular formula is C29H27N3O4. The molecule has 2 aromatic heterocycles. The second kappa shape index (κ2) is 9.70. The van der Waals surface area contributed by atoms with Crippen LogP contribution >= 0.6 is 0 Å². The van der Waals surface area contributed by atoms with Gasteiger partial charge in [-0.2, -0.15) is 0 Å². The van der Waals surface area contributed by atoms with E-state index in [-0.39, 0.29) is 17.9 Å². The third-order valence-corrected chi connectivity index (χ3v) is 6.22. The maximum atomic E-state index is 13.4. The molecular weight excluding hydrogens is 454 g/mol. The molecule has 1 saturated heterocycles. The van der Waals surface area contributed by atoms with Gasteiger partial charge < -0.3 is 19.7 Å². The van der Waals surface area contributed by atoms with Crippen LogP contribution in [-0.4, -0.2) is 38.3 Å². The number of nitrogens with one attached hydrogen (secondary N) is 1. The van der Waals surface area contributed by atoms with E-state index in [0.29, 0.717) is 23.8 Å². The van der Waals surface area contributed by atoms with E-state index in [1.54, 1.807) is 48.9 Å². The number of pyridine rings is 1. The molecule has 36 heavy (non-hydrogen) atoms. The van der Waals surface area contributed by atoms with Gasteiger partial charge in [-0.05, 0) is 35.7 Å². The van der Waals surface area contributed by atoms with E-state index in [1.165, 1.54) is 4.90 Å². The normalized spacial score (nSPS) is 17.3. The van der Waals surface area contributed by atoms with E-state index in [9.17, 15) is 14.7 Å². The molecule has 4 aromatic rings. The van der Waals surface area contributed by atoms with Crippen molar-refractivity contribution in [1.29, 1.82) is 0 Å². The molecule has 0 aliphatic carbocycles. The highest BCUT2D eigenvalue weighted by atomic mass is 16.5. The first kappa shape index (κ1) is 23.4. The number of fused-ring (bicyclic) bond motifs is 1.